The van der Waals surface area contributed by atoms with E-state index in [1.807, 2.05) is 12.1 Å². The van der Waals surface area contributed by atoms with Crippen LogP contribution in [0.15, 0.2) is 24.3 Å². The molecule has 3 heteroatoms. The van der Waals surface area contributed by atoms with Gasteiger partial charge in [-0.25, -0.2) is 0 Å². The van der Waals surface area contributed by atoms with Gasteiger partial charge in [0.15, 0.2) is 0 Å². The van der Waals surface area contributed by atoms with Gasteiger partial charge in [0.2, 0.25) is 0 Å². The third-order valence-electron chi connectivity index (χ3n) is 2.46. The minimum absolute atomic E-state index is 0.888. The Morgan fingerprint density at radius 3 is 2.50 bits per heavy atom. The first-order valence-electron chi connectivity index (χ1n) is 4.75. The summed E-state index contributed by atoms with van der Waals surface area (Å²) < 4.78 is 5.11. The maximum absolute atomic E-state index is 5.28. The van der Waals surface area contributed by atoms with Crippen molar-refractivity contribution in [1.82, 2.24) is 0 Å². The van der Waals surface area contributed by atoms with Gasteiger partial charge in [-0.05, 0) is 37.1 Å². The van der Waals surface area contributed by atoms with Gasteiger partial charge >= 0.3 is 0 Å². The van der Waals surface area contributed by atoms with Crippen molar-refractivity contribution in [3.63, 3.8) is 0 Å². The molecular weight excluding hydrogens is 194 g/mol. The van der Waals surface area contributed by atoms with Crippen molar-refractivity contribution in [3.05, 3.63) is 24.3 Å². The molecule has 2 nitrogen and oxygen atoms in total. The topological polar surface area (TPSA) is 12.5 Å². The molecule has 0 bridgehead atoms. The van der Waals surface area contributed by atoms with Crippen LogP contribution < -0.4 is 9.64 Å². The Hall–Kier alpha value is -1.09. The van der Waals surface area contributed by atoms with Crippen molar-refractivity contribution in [2.75, 3.05) is 18.6 Å². The quantitative estimate of drug-likeness (QED) is 0.692. The summed E-state index contributed by atoms with van der Waals surface area (Å²) in [7, 11) is 1.68. The average molecular weight is 207 g/mol. The van der Waals surface area contributed by atoms with Crippen molar-refractivity contribution in [2.45, 2.75) is 12.8 Å². The minimum atomic E-state index is 0.888. The number of rotatable bonds is 2. The lowest BCUT2D eigenvalue weighted by Crippen LogP contribution is -2.21. The van der Waals surface area contributed by atoms with Crippen molar-refractivity contribution < 1.29 is 4.74 Å². The van der Waals surface area contributed by atoms with E-state index in [1.165, 1.54) is 12.1 Å². The summed E-state index contributed by atoms with van der Waals surface area (Å²) in [6.45, 7) is 1.05. The fourth-order valence-electron chi connectivity index (χ4n) is 1.68. The molecule has 0 N–H and O–H groups in total. The van der Waals surface area contributed by atoms with Gasteiger partial charge in [-0.2, -0.15) is 0 Å². The van der Waals surface area contributed by atoms with E-state index in [4.69, 9.17) is 17.0 Å². The molecule has 74 valence electrons. The van der Waals surface area contributed by atoms with Gasteiger partial charge in [-0.15, -0.1) is 0 Å². The van der Waals surface area contributed by atoms with E-state index in [0.29, 0.717) is 0 Å². The predicted octanol–water partition coefficient (Wildman–Crippen LogP) is 2.62. The van der Waals surface area contributed by atoms with Crippen LogP contribution in [0, 0.1) is 0 Å². The highest BCUT2D eigenvalue weighted by Crippen LogP contribution is 2.24. The van der Waals surface area contributed by atoms with Gasteiger partial charge in [-0.3, -0.25) is 0 Å². The van der Waals surface area contributed by atoms with E-state index >= 15 is 0 Å². The van der Waals surface area contributed by atoms with Crippen LogP contribution in [0.4, 0.5) is 5.69 Å². The maximum atomic E-state index is 5.28. The third kappa shape index (κ3) is 1.73. The fraction of sp³-hybridized carbons (Fsp3) is 0.364. The second kappa shape index (κ2) is 3.96. The molecular formula is C11H13NOS. The van der Waals surface area contributed by atoms with Crippen LogP contribution in [0.5, 0.6) is 5.75 Å². The van der Waals surface area contributed by atoms with Gasteiger partial charge in [0.25, 0.3) is 0 Å². The van der Waals surface area contributed by atoms with E-state index in [-0.39, 0.29) is 0 Å². The Morgan fingerprint density at radius 2 is 2.00 bits per heavy atom. The first-order chi connectivity index (χ1) is 6.81. The zero-order chi connectivity index (χ0) is 9.97. The summed E-state index contributed by atoms with van der Waals surface area (Å²) in [5.41, 5.74) is 1.17. The minimum Gasteiger partial charge on any atom is -0.497 e. The van der Waals surface area contributed by atoms with Crippen molar-refractivity contribution >= 4 is 22.9 Å². The molecule has 0 spiro atoms. The molecule has 1 heterocycles. The Balaban J connectivity index is 2.20. The third-order valence-corrected chi connectivity index (χ3v) is 2.88. The first kappa shape index (κ1) is 9.46. The molecule has 0 amide bonds. The zero-order valence-corrected chi connectivity index (χ0v) is 9.01. The lowest BCUT2D eigenvalue weighted by molar-refractivity contribution is 0.415. The van der Waals surface area contributed by atoms with Crippen LogP contribution in [-0.2, 0) is 0 Å². The maximum Gasteiger partial charge on any atom is 0.119 e. The lowest BCUT2D eigenvalue weighted by Gasteiger charge is -2.17. The Kier molecular flexibility index (Phi) is 2.68. The molecule has 1 aromatic carbocycles. The van der Waals surface area contributed by atoms with Crippen LogP contribution >= 0.6 is 12.2 Å². The number of ether oxygens (including phenoxy) is 1. The number of anilines is 1. The molecule has 2 rings (SSSR count). The van der Waals surface area contributed by atoms with Gasteiger partial charge in [-0.1, -0.05) is 12.2 Å². The predicted molar refractivity (Wildman–Crippen MR) is 62.2 cm³/mol. The summed E-state index contributed by atoms with van der Waals surface area (Å²) in [5.74, 6) is 0.888. The van der Waals surface area contributed by atoms with E-state index < -0.39 is 0 Å². The summed E-state index contributed by atoms with van der Waals surface area (Å²) in [6.07, 6.45) is 2.21. The van der Waals surface area contributed by atoms with Crippen LogP contribution in [0.1, 0.15) is 12.8 Å². The number of benzene rings is 1. The highest BCUT2D eigenvalue weighted by atomic mass is 32.1. The second-order valence-electron chi connectivity index (χ2n) is 3.35. The van der Waals surface area contributed by atoms with Gasteiger partial charge < -0.3 is 9.64 Å². The number of hydrogen-bond donors (Lipinski definition) is 0. The van der Waals surface area contributed by atoms with E-state index in [9.17, 15) is 0 Å². The van der Waals surface area contributed by atoms with Crippen LogP contribution in [0.25, 0.3) is 0 Å². The highest BCUT2D eigenvalue weighted by Gasteiger charge is 2.17. The van der Waals surface area contributed by atoms with Gasteiger partial charge in [0, 0.05) is 12.2 Å². The first-order valence-corrected chi connectivity index (χ1v) is 5.16. The second-order valence-corrected chi connectivity index (χ2v) is 3.82. The summed E-state index contributed by atoms with van der Waals surface area (Å²) in [5, 5.41) is 0. The number of hydrogen-bond acceptors (Lipinski definition) is 2. The molecule has 1 aliphatic heterocycles. The number of nitrogens with zero attached hydrogens (tertiary/aromatic N) is 1. The lowest BCUT2D eigenvalue weighted by atomic mass is 10.3. The zero-order valence-electron chi connectivity index (χ0n) is 8.19. The Morgan fingerprint density at radius 1 is 1.29 bits per heavy atom. The fourth-order valence-corrected chi connectivity index (χ4v) is 2.02. The molecule has 0 saturated carbocycles. The molecule has 14 heavy (non-hydrogen) atoms. The standard InChI is InChI=1S/C11H13NOS/c1-13-10-6-4-9(5-7-10)12-8-2-3-11(12)14/h4-7H,2-3,8H2,1H3. The van der Waals surface area contributed by atoms with Crippen LogP contribution in [0.2, 0.25) is 0 Å². The normalized spacial score (nSPS) is 16.1. The highest BCUT2D eigenvalue weighted by molar-refractivity contribution is 7.80. The van der Waals surface area contributed by atoms with E-state index in [2.05, 4.69) is 17.0 Å². The molecule has 0 atom stereocenters. The number of methoxy groups -OCH3 is 1. The SMILES string of the molecule is COc1ccc(N2CCCC2=S)cc1. The molecule has 1 fully saturated rings. The monoisotopic (exact) mass is 207 g/mol. The van der Waals surface area contributed by atoms with Crippen molar-refractivity contribution in [2.24, 2.45) is 0 Å². The molecule has 0 aromatic heterocycles. The summed E-state index contributed by atoms with van der Waals surface area (Å²) >= 11 is 5.28. The van der Waals surface area contributed by atoms with Crippen LogP contribution in [0.3, 0.4) is 0 Å². The largest absolute Gasteiger partial charge is 0.497 e. The van der Waals surface area contributed by atoms with Gasteiger partial charge in [0.1, 0.15) is 5.75 Å². The summed E-state index contributed by atoms with van der Waals surface area (Å²) in [6, 6.07) is 8.04. The average Bonchev–Trinajstić information content (AvgIpc) is 2.65. The molecule has 1 aliphatic rings. The number of thiocarbonyl (C=S) groups is 1. The molecule has 1 saturated heterocycles. The van der Waals surface area contributed by atoms with Crippen molar-refractivity contribution in [3.8, 4) is 5.75 Å². The summed E-state index contributed by atoms with van der Waals surface area (Å²) in [4.78, 5) is 3.24. The Labute approximate surface area is 89.5 Å². The molecule has 1 aromatic rings. The molecule has 0 radical (unpaired) electrons. The molecule has 0 unspecified atom stereocenters. The smallest absolute Gasteiger partial charge is 0.119 e. The van der Waals surface area contributed by atoms with Crippen molar-refractivity contribution in [1.29, 1.82) is 0 Å². The Bertz CT molecular complexity index is 334. The van der Waals surface area contributed by atoms with E-state index in [0.717, 1.165) is 23.7 Å². The molecule has 0 aliphatic carbocycles. The van der Waals surface area contributed by atoms with Crippen LogP contribution in [-0.4, -0.2) is 18.6 Å². The van der Waals surface area contributed by atoms with Gasteiger partial charge in [0.05, 0.1) is 12.1 Å². The van der Waals surface area contributed by atoms with E-state index in [1.54, 1.807) is 7.11 Å².